The standard InChI is InChI=1S/C56H37N3OS/c1-3-14-38(15-4-1)39-26-28-40(29-27-39)41-30-32-43(33-31-41)57(51-23-13-20-47-46-18-8-12-25-53(46)61-55(47)51)44-34-36-45(37-35-44)59-50-22-10-11-24-52(50)60-54-48-19-7-9-21-49(48)58(56(54)59)42-16-5-2-6-17-42/h1-37H. The number of hydrogen-bond acceptors (Lipinski definition) is 4. The fourth-order valence-corrected chi connectivity index (χ4v) is 10.1. The third-order valence-electron chi connectivity index (χ3n) is 11.8. The third-order valence-corrected chi connectivity index (χ3v) is 13.0. The molecular weight excluding hydrogens is 763 g/mol. The Morgan fingerprint density at radius 3 is 1.70 bits per heavy atom. The zero-order valence-corrected chi connectivity index (χ0v) is 33.8. The number of fused-ring (bicyclic) bond motifs is 7. The van der Waals surface area contributed by atoms with Crippen molar-refractivity contribution in [1.29, 1.82) is 0 Å². The number of anilines is 6. The molecule has 0 saturated heterocycles. The van der Waals surface area contributed by atoms with Crippen molar-refractivity contribution in [3.8, 4) is 39.4 Å². The van der Waals surface area contributed by atoms with Crippen LogP contribution < -0.4 is 14.5 Å². The molecule has 0 spiro atoms. The number of benzene rings is 9. The second-order valence-electron chi connectivity index (χ2n) is 15.3. The minimum atomic E-state index is 0.822. The smallest absolute Gasteiger partial charge is 0.178 e. The molecule has 0 N–H and O–H groups in total. The second kappa shape index (κ2) is 14.5. The Bertz CT molecular complexity index is 3370. The van der Waals surface area contributed by atoms with Crippen LogP contribution in [0.1, 0.15) is 0 Å². The number of aromatic nitrogens is 1. The molecule has 1 aliphatic heterocycles. The molecule has 0 bridgehead atoms. The fourth-order valence-electron chi connectivity index (χ4n) is 8.93. The Balaban J connectivity index is 0.993. The largest absolute Gasteiger partial charge is 0.451 e. The highest BCUT2D eigenvalue weighted by Gasteiger charge is 2.33. The summed E-state index contributed by atoms with van der Waals surface area (Å²) in [5.41, 5.74) is 12.3. The van der Waals surface area contributed by atoms with Crippen molar-refractivity contribution in [2.24, 2.45) is 0 Å². The first kappa shape index (κ1) is 35.1. The van der Waals surface area contributed by atoms with E-state index >= 15 is 0 Å². The molecular formula is C56H37N3OS. The summed E-state index contributed by atoms with van der Waals surface area (Å²) < 4.78 is 11.6. The van der Waals surface area contributed by atoms with Crippen LogP contribution in [0.15, 0.2) is 224 Å². The van der Waals surface area contributed by atoms with Crippen LogP contribution in [0.5, 0.6) is 11.5 Å². The lowest BCUT2D eigenvalue weighted by Crippen LogP contribution is -2.18. The van der Waals surface area contributed by atoms with E-state index in [1.165, 1.54) is 42.4 Å². The fraction of sp³-hybridized carbons (Fsp3) is 0. The summed E-state index contributed by atoms with van der Waals surface area (Å²) in [5.74, 6) is 2.64. The zero-order chi connectivity index (χ0) is 40.3. The molecule has 9 aromatic carbocycles. The number of thiophene rings is 1. The van der Waals surface area contributed by atoms with E-state index in [9.17, 15) is 0 Å². The Morgan fingerprint density at radius 1 is 0.410 bits per heavy atom. The molecule has 5 heteroatoms. The van der Waals surface area contributed by atoms with E-state index < -0.39 is 0 Å². The number of ether oxygens (including phenoxy) is 1. The summed E-state index contributed by atoms with van der Waals surface area (Å²) in [6, 6.07) is 80.2. The molecule has 0 amide bonds. The molecule has 1 aliphatic rings. The van der Waals surface area contributed by atoms with E-state index in [2.05, 4.69) is 233 Å². The maximum Gasteiger partial charge on any atom is 0.178 e. The number of rotatable bonds is 7. The minimum absolute atomic E-state index is 0.822. The predicted molar refractivity (Wildman–Crippen MR) is 256 cm³/mol. The van der Waals surface area contributed by atoms with Gasteiger partial charge in [-0.3, -0.25) is 9.47 Å². The van der Waals surface area contributed by atoms with Crippen molar-refractivity contribution in [2.75, 3.05) is 9.80 Å². The lowest BCUT2D eigenvalue weighted by atomic mass is 10.00. The lowest BCUT2D eigenvalue weighted by molar-refractivity contribution is 0.481. The second-order valence-corrected chi connectivity index (χ2v) is 16.4. The average Bonchev–Trinajstić information content (AvgIpc) is 3.88. The maximum absolute atomic E-state index is 6.79. The topological polar surface area (TPSA) is 20.6 Å². The van der Waals surface area contributed by atoms with Gasteiger partial charge in [-0.25, -0.2) is 0 Å². The van der Waals surface area contributed by atoms with Crippen LogP contribution in [0.2, 0.25) is 0 Å². The van der Waals surface area contributed by atoms with Crippen LogP contribution in [0.4, 0.5) is 34.3 Å². The van der Waals surface area contributed by atoms with Gasteiger partial charge in [0.05, 0.1) is 21.6 Å². The van der Waals surface area contributed by atoms with Gasteiger partial charge in [-0.1, -0.05) is 140 Å². The van der Waals surface area contributed by atoms with Crippen LogP contribution >= 0.6 is 11.3 Å². The Kier molecular flexibility index (Phi) is 8.32. The number of hydrogen-bond donors (Lipinski definition) is 0. The monoisotopic (exact) mass is 799 g/mol. The Hall–Kier alpha value is -7.86. The highest BCUT2D eigenvalue weighted by molar-refractivity contribution is 7.26. The molecule has 0 aliphatic carbocycles. The molecule has 0 saturated carbocycles. The molecule has 2 aromatic heterocycles. The molecule has 11 aromatic rings. The van der Waals surface area contributed by atoms with Crippen LogP contribution in [-0.2, 0) is 0 Å². The molecule has 0 fully saturated rings. The third kappa shape index (κ3) is 5.89. The van der Waals surface area contributed by atoms with Gasteiger partial charge in [0, 0.05) is 43.6 Å². The summed E-state index contributed by atoms with van der Waals surface area (Å²) in [6.07, 6.45) is 0. The van der Waals surface area contributed by atoms with E-state index in [0.717, 1.165) is 62.3 Å². The van der Waals surface area contributed by atoms with Gasteiger partial charge in [-0.15, -0.1) is 11.3 Å². The SMILES string of the molecule is c1ccc(-c2ccc(-c3ccc(N(c4ccc(N5c6ccccc6Oc6c5n(-c5ccccc5)c5ccccc65)cc4)c4cccc5c4sc4ccccc45)cc3)cc2)cc1. The predicted octanol–water partition coefficient (Wildman–Crippen LogP) is 16.4. The normalized spacial score (nSPS) is 12.0. The molecule has 3 heterocycles. The van der Waals surface area contributed by atoms with Crippen LogP contribution in [0, 0.1) is 0 Å². The summed E-state index contributed by atoms with van der Waals surface area (Å²) in [5, 5.41) is 3.61. The van der Waals surface area contributed by atoms with Gasteiger partial charge in [0.25, 0.3) is 0 Å². The molecule has 61 heavy (non-hydrogen) atoms. The van der Waals surface area contributed by atoms with Gasteiger partial charge in [-0.05, 0) is 107 Å². The first-order chi connectivity index (χ1) is 30.3. The van der Waals surface area contributed by atoms with Crippen molar-refractivity contribution in [2.45, 2.75) is 0 Å². The number of nitrogens with zero attached hydrogens (tertiary/aromatic N) is 3. The molecule has 4 nitrogen and oxygen atoms in total. The average molecular weight is 800 g/mol. The van der Waals surface area contributed by atoms with Gasteiger partial charge < -0.3 is 9.64 Å². The van der Waals surface area contributed by atoms with E-state index in [-0.39, 0.29) is 0 Å². The van der Waals surface area contributed by atoms with Crippen LogP contribution in [0.25, 0.3) is 59.0 Å². The van der Waals surface area contributed by atoms with Crippen molar-refractivity contribution >= 4 is 76.7 Å². The molecule has 288 valence electrons. The van der Waals surface area contributed by atoms with E-state index in [1.54, 1.807) is 0 Å². The lowest BCUT2D eigenvalue weighted by Gasteiger charge is -2.33. The molecule has 0 unspecified atom stereocenters. The molecule has 0 radical (unpaired) electrons. The van der Waals surface area contributed by atoms with Gasteiger partial charge in [0.1, 0.15) is 0 Å². The summed E-state index contributed by atoms with van der Waals surface area (Å²) in [6.45, 7) is 0. The van der Waals surface area contributed by atoms with Gasteiger partial charge in [-0.2, -0.15) is 0 Å². The van der Waals surface area contributed by atoms with Crippen LogP contribution in [-0.4, -0.2) is 4.57 Å². The minimum Gasteiger partial charge on any atom is -0.451 e. The highest BCUT2D eigenvalue weighted by atomic mass is 32.1. The summed E-state index contributed by atoms with van der Waals surface area (Å²) >= 11 is 1.85. The quantitative estimate of drug-likeness (QED) is 0.160. The van der Waals surface area contributed by atoms with Crippen molar-refractivity contribution in [3.63, 3.8) is 0 Å². The van der Waals surface area contributed by atoms with Crippen molar-refractivity contribution in [3.05, 3.63) is 224 Å². The summed E-state index contributed by atoms with van der Waals surface area (Å²) in [4.78, 5) is 4.75. The van der Waals surface area contributed by atoms with E-state index in [1.807, 2.05) is 17.4 Å². The van der Waals surface area contributed by atoms with E-state index in [0.29, 0.717) is 0 Å². The first-order valence-electron chi connectivity index (χ1n) is 20.6. The van der Waals surface area contributed by atoms with Crippen molar-refractivity contribution < 1.29 is 4.74 Å². The van der Waals surface area contributed by atoms with Gasteiger partial charge in [0.15, 0.2) is 17.3 Å². The Morgan fingerprint density at radius 2 is 0.967 bits per heavy atom. The van der Waals surface area contributed by atoms with Gasteiger partial charge >= 0.3 is 0 Å². The first-order valence-corrected chi connectivity index (χ1v) is 21.4. The summed E-state index contributed by atoms with van der Waals surface area (Å²) in [7, 11) is 0. The Labute approximate surface area is 358 Å². The maximum atomic E-state index is 6.79. The van der Waals surface area contributed by atoms with Crippen molar-refractivity contribution in [1.82, 2.24) is 4.57 Å². The molecule has 12 rings (SSSR count). The number of para-hydroxylation sites is 4. The van der Waals surface area contributed by atoms with Gasteiger partial charge in [0.2, 0.25) is 0 Å². The van der Waals surface area contributed by atoms with E-state index in [4.69, 9.17) is 4.74 Å². The molecule has 0 atom stereocenters. The highest BCUT2D eigenvalue weighted by Crippen LogP contribution is 2.55. The zero-order valence-electron chi connectivity index (χ0n) is 33.0. The van der Waals surface area contributed by atoms with Crippen LogP contribution in [0.3, 0.4) is 0 Å².